The fraction of sp³-hybridized carbons (Fsp3) is 0.484. The molecule has 2 fully saturated rings. The molecule has 2 aliphatic heterocycles. The third-order valence-corrected chi connectivity index (χ3v) is 8.30. The minimum atomic E-state index is -1.84. The van der Waals surface area contributed by atoms with E-state index in [9.17, 15) is 45.3 Å². The van der Waals surface area contributed by atoms with E-state index in [4.69, 9.17) is 32.8 Å². The van der Waals surface area contributed by atoms with Gasteiger partial charge < -0.3 is 68.6 Å². The normalized spacial score (nSPS) is 30.9. The number of carbonyl (C=O) groups excluding carboxylic acids is 1. The first-order chi connectivity index (χ1) is 22.1. The van der Waals surface area contributed by atoms with E-state index in [1.807, 2.05) is 0 Å². The van der Waals surface area contributed by atoms with Gasteiger partial charge in [0.05, 0.1) is 19.3 Å². The summed E-state index contributed by atoms with van der Waals surface area (Å²) in [6, 6.07) is 4.60. The van der Waals surface area contributed by atoms with Crippen molar-refractivity contribution in [3.63, 3.8) is 0 Å². The molecule has 2 saturated heterocycles. The minimum absolute atomic E-state index is 0.0116. The molecule has 0 spiro atoms. The number of carbonyl (C=O) groups is 1. The molecule has 0 bridgehead atoms. The van der Waals surface area contributed by atoms with Crippen molar-refractivity contribution in [3.05, 3.63) is 34.5 Å². The van der Waals surface area contributed by atoms with Gasteiger partial charge in [0.1, 0.15) is 35.4 Å². The van der Waals surface area contributed by atoms with Gasteiger partial charge in [-0.05, 0) is 32.0 Å². The molecule has 3 aromatic rings. The number of methoxy groups -OCH3 is 1. The number of phenolic OH excluding ortho intramolecular Hbond substituents is 3. The van der Waals surface area contributed by atoms with Crippen molar-refractivity contribution >= 4 is 16.9 Å². The van der Waals surface area contributed by atoms with E-state index in [0.29, 0.717) is 0 Å². The average Bonchev–Trinajstić information content (AvgIpc) is 3.01. The van der Waals surface area contributed by atoms with Crippen LogP contribution in [0.25, 0.3) is 22.3 Å². The van der Waals surface area contributed by atoms with Gasteiger partial charge in [-0.2, -0.15) is 0 Å². The average molecular weight is 665 g/mol. The number of benzene rings is 2. The predicted octanol–water partition coefficient (Wildman–Crippen LogP) is 0.844. The summed E-state index contributed by atoms with van der Waals surface area (Å²) in [7, 11) is 1.17. The number of phenols is 3. The largest absolute Gasteiger partial charge is 0.504 e. The molecule has 0 unspecified atom stereocenters. The third-order valence-electron chi connectivity index (χ3n) is 8.30. The molecule has 16 nitrogen and oxygen atoms in total. The topological polar surface area (TPSA) is 244 Å². The Hall–Kier alpha value is -4.32. The smallest absolute Gasteiger partial charge is 0.303 e. The molecular formula is C31H36O16. The predicted molar refractivity (Wildman–Crippen MR) is 158 cm³/mol. The van der Waals surface area contributed by atoms with Crippen molar-refractivity contribution in [1.82, 2.24) is 0 Å². The van der Waals surface area contributed by atoms with Crippen molar-refractivity contribution < 1.29 is 73.4 Å². The van der Waals surface area contributed by atoms with Crippen molar-refractivity contribution in [3.8, 4) is 45.8 Å². The molecular weight excluding hydrogens is 628 g/mol. The van der Waals surface area contributed by atoms with Gasteiger partial charge in [0.15, 0.2) is 34.9 Å². The van der Waals surface area contributed by atoms with E-state index in [1.165, 1.54) is 26.2 Å². The molecule has 0 aliphatic carbocycles. The molecule has 1 aromatic heterocycles. The first kappa shape index (κ1) is 34.0. The Bertz CT molecular complexity index is 1700. The summed E-state index contributed by atoms with van der Waals surface area (Å²) in [6.45, 7) is 5.92. The van der Waals surface area contributed by atoms with E-state index in [-0.39, 0.29) is 28.4 Å². The van der Waals surface area contributed by atoms with Crippen LogP contribution < -0.4 is 19.6 Å². The molecule has 5 rings (SSSR count). The van der Waals surface area contributed by atoms with Gasteiger partial charge in [0.2, 0.25) is 29.5 Å². The van der Waals surface area contributed by atoms with Crippen LogP contribution in [-0.2, 0) is 19.0 Å². The number of hydrogen-bond acceptors (Lipinski definition) is 16. The number of rotatable bonds is 7. The minimum Gasteiger partial charge on any atom is -0.504 e. The highest BCUT2D eigenvalue weighted by atomic mass is 16.7. The molecule has 0 radical (unpaired) electrons. The van der Waals surface area contributed by atoms with Crippen LogP contribution in [0.5, 0.6) is 34.5 Å². The summed E-state index contributed by atoms with van der Waals surface area (Å²) in [5.74, 6) is -4.68. The van der Waals surface area contributed by atoms with Crippen LogP contribution in [0.4, 0.5) is 0 Å². The van der Waals surface area contributed by atoms with Gasteiger partial charge in [-0.3, -0.25) is 9.59 Å². The molecule has 10 atom stereocenters. The Morgan fingerprint density at radius 1 is 0.809 bits per heavy atom. The Kier molecular flexibility index (Phi) is 9.45. The molecule has 16 heteroatoms. The van der Waals surface area contributed by atoms with Crippen molar-refractivity contribution in [2.45, 2.75) is 83.0 Å². The number of fused-ring (bicyclic) bond motifs is 1. The summed E-state index contributed by atoms with van der Waals surface area (Å²) < 4.78 is 39.8. The lowest BCUT2D eigenvalue weighted by atomic mass is 9.91. The first-order valence-electron chi connectivity index (χ1n) is 14.6. The van der Waals surface area contributed by atoms with Crippen LogP contribution in [-0.4, -0.2) is 104 Å². The van der Waals surface area contributed by atoms with Crippen LogP contribution in [0, 0.1) is 5.92 Å². The van der Waals surface area contributed by atoms with E-state index in [1.54, 1.807) is 13.8 Å². The van der Waals surface area contributed by atoms with E-state index < -0.39 is 101 Å². The van der Waals surface area contributed by atoms with Crippen LogP contribution in [0.2, 0.25) is 0 Å². The molecule has 0 amide bonds. The fourth-order valence-corrected chi connectivity index (χ4v) is 5.44. The van der Waals surface area contributed by atoms with E-state index in [2.05, 4.69) is 0 Å². The number of ether oxygens (including phenoxy) is 6. The van der Waals surface area contributed by atoms with Crippen LogP contribution in [0.1, 0.15) is 27.7 Å². The number of aromatic hydroxyl groups is 3. The molecule has 2 aromatic carbocycles. The summed E-state index contributed by atoms with van der Waals surface area (Å²) >= 11 is 0. The number of aliphatic hydroxyl groups is 4. The maximum atomic E-state index is 14.1. The SMILES string of the molecule is COc1c(O[C@@H]2O[C@@H](C)[C@H](C)[C@@H](O)[C@H]2OC(C)=O)cc2oc(-c3ccc(O)c(O)c3)c(O[C@@H]3O[C@@H](C)[C@H](O)[C@@H](O)[C@H]3O)c(=O)c2c1O. The Morgan fingerprint density at radius 3 is 2.13 bits per heavy atom. The summed E-state index contributed by atoms with van der Waals surface area (Å²) in [5, 5.41) is 72.7. The number of hydrogen-bond donors (Lipinski definition) is 7. The zero-order valence-corrected chi connectivity index (χ0v) is 25.9. The van der Waals surface area contributed by atoms with E-state index >= 15 is 0 Å². The van der Waals surface area contributed by atoms with Gasteiger partial charge in [0, 0.05) is 24.5 Å². The first-order valence-corrected chi connectivity index (χ1v) is 14.6. The van der Waals surface area contributed by atoms with Crippen LogP contribution in [0.15, 0.2) is 33.5 Å². The summed E-state index contributed by atoms with van der Waals surface area (Å²) in [4.78, 5) is 25.9. The monoisotopic (exact) mass is 664 g/mol. The molecule has 256 valence electrons. The van der Waals surface area contributed by atoms with Gasteiger partial charge in [-0.1, -0.05) is 6.92 Å². The number of aliphatic hydroxyl groups excluding tert-OH is 4. The maximum Gasteiger partial charge on any atom is 0.303 e. The van der Waals surface area contributed by atoms with Crippen LogP contribution >= 0.6 is 0 Å². The molecule has 47 heavy (non-hydrogen) atoms. The van der Waals surface area contributed by atoms with Gasteiger partial charge >= 0.3 is 5.97 Å². The number of esters is 1. The molecule has 3 heterocycles. The Balaban J connectivity index is 1.67. The Morgan fingerprint density at radius 2 is 1.49 bits per heavy atom. The third kappa shape index (κ3) is 6.22. The second-order valence-corrected chi connectivity index (χ2v) is 11.5. The standard InChI is InChI=1S/C31H36O16/c1-10-11(2)42-31(29(20(10)35)44-13(4)32)46-18-9-17-19(22(37)27(18)41-5)23(38)28(26(45-17)14-6-7-15(33)16(34)8-14)47-30-25(40)24(39)21(36)12(3)43-30/h6-12,20-21,24-25,29-31,33-37,39-40H,1-5H3/t10-,11-,12-,20+,21-,24+,25+,29+,30-,31-/m0/s1. The van der Waals surface area contributed by atoms with E-state index in [0.717, 1.165) is 19.1 Å². The zero-order valence-electron chi connectivity index (χ0n) is 25.9. The lowest BCUT2D eigenvalue weighted by molar-refractivity contribution is -0.268. The summed E-state index contributed by atoms with van der Waals surface area (Å²) in [6.07, 6.45) is -12.2. The second-order valence-electron chi connectivity index (χ2n) is 11.5. The van der Waals surface area contributed by atoms with Crippen molar-refractivity contribution in [1.29, 1.82) is 0 Å². The molecule has 7 N–H and O–H groups in total. The molecule has 2 aliphatic rings. The highest BCUT2D eigenvalue weighted by Gasteiger charge is 2.46. The lowest BCUT2D eigenvalue weighted by Gasteiger charge is -2.41. The zero-order chi connectivity index (χ0) is 34.5. The van der Waals surface area contributed by atoms with Gasteiger partial charge in [-0.15, -0.1) is 0 Å². The maximum absolute atomic E-state index is 14.1. The highest BCUT2D eigenvalue weighted by Crippen LogP contribution is 2.46. The van der Waals surface area contributed by atoms with Gasteiger partial charge in [-0.25, -0.2) is 0 Å². The second kappa shape index (κ2) is 13.1. The summed E-state index contributed by atoms with van der Waals surface area (Å²) in [5.41, 5.74) is -1.35. The van der Waals surface area contributed by atoms with Gasteiger partial charge in [0.25, 0.3) is 0 Å². The fourth-order valence-electron chi connectivity index (χ4n) is 5.44. The van der Waals surface area contributed by atoms with Crippen LogP contribution in [0.3, 0.4) is 0 Å². The van der Waals surface area contributed by atoms with Crippen molar-refractivity contribution in [2.24, 2.45) is 5.92 Å². The van der Waals surface area contributed by atoms with Crippen molar-refractivity contribution in [2.75, 3.05) is 7.11 Å². The highest BCUT2D eigenvalue weighted by molar-refractivity contribution is 5.91. The lowest BCUT2D eigenvalue weighted by Crippen LogP contribution is -2.58. The quantitative estimate of drug-likeness (QED) is 0.137. The Labute approximate surface area is 266 Å². The molecule has 0 saturated carbocycles.